The topological polar surface area (TPSA) is 74.1 Å². The molecule has 2 N–H and O–H groups in total. The van der Waals surface area contributed by atoms with Gasteiger partial charge in [-0.05, 0) is 43.7 Å². The zero-order valence-corrected chi connectivity index (χ0v) is 14.9. The Balaban J connectivity index is 2.12. The Kier molecular flexibility index (Phi) is 6.04. The molecule has 6 heteroatoms. The fraction of sp³-hybridized carbons (Fsp3) is 0.158. The van der Waals surface area contributed by atoms with Gasteiger partial charge in [0.1, 0.15) is 17.4 Å². The van der Waals surface area contributed by atoms with Crippen LogP contribution >= 0.6 is 11.6 Å². The molecule has 0 saturated carbocycles. The summed E-state index contributed by atoms with van der Waals surface area (Å²) in [7, 11) is 1.53. The molecule has 0 saturated heterocycles. The lowest BCUT2D eigenvalue weighted by atomic mass is 10.1. The summed E-state index contributed by atoms with van der Waals surface area (Å²) in [5, 5.41) is 15.3. The van der Waals surface area contributed by atoms with E-state index in [4.69, 9.17) is 16.3 Å². The number of nitriles is 1. The number of methoxy groups -OCH3 is 1. The summed E-state index contributed by atoms with van der Waals surface area (Å²) in [6, 6.07) is 12.6. The Morgan fingerprint density at radius 2 is 2.00 bits per heavy atom. The maximum atomic E-state index is 12.3. The summed E-state index contributed by atoms with van der Waals surface area (Å²) in [6.45, 7) is 3.87. The van der Waals surface area contributed by atoms with Gasteiger partial charge in [-0.1, -0.05) is 29.3 Å². The van der Waals surface area contributed by atoms with Crippen molar-refractivity contribution in [2.75, 3.05) is 17.7 Å². The molecule has 0 bridgehead atoms. The smallest absolute Gasteiger partial charge is 0.267 e. The first kappa shape index (κ1) is 18.4. The number of nitrogens with zero attached hydrogens (tertiary/aromatic N) is 1. The van der Waals surface area contributed by atoms with Gasteiger partial charge in [-0.2, -0.15) is 5.26 Å². The van der Waals surface area contributed by atoms with Crippen molar-refractivity contribution in [2.45, 2.75) is 13.8 Å². The second kappa shape index (κ2) is 8.22. The van der Waals surface area contributed by atoms with Gasteiger partial charge in [-0.15, -0.1) is 0 Å². The molecular weight excluding hydrogens is 338 g/mol. The molecule has 0 heterocycles. The zero-order valence-electron chi connectivity index (χ0n) is 14.2. The largest absolute Gasteiger partial charge is 0.495 e. The molecule has 0 unspecified atom stereocenters. The van der Waals surface area contributed by atoms with Crippen molar-refractivity contribution in [3.05, 3.63) is 64.3 Å². The maximum Gasteiger partial charge on any atom is 0.267 e. The van der Waals surface area contributed by atoms with E-state index in [1.165, 1.54) is 13.3 Å². The van der Waals surface area contributed by atoms with Crippen molar-refractivity contribution in [3.63, 3.8) is 0 Å². The summed E-state index contributed by atoms with van der Waals surface area (Å²) >= 11 is 6.05. The first-order valence-electron chi connectivity index (χ1n) is 7.53. The first-order chi connectivity index (χ1) is 11.9. The van der Waals surface area contributed by atoms with Crippen molar-refractivity contribution in [3.8, 4) is 11.8 Å². The van der Waals surface area contributed by atoms with Gasteiger partial charge in [0.25, 0.3) is 5.91 Å². The van der Waals surface area contributed by atoms with Gasteiger partial charge < -0.3 is 15.4 Å². The molecule has 25 heavy (non-hydrogen) atoms. The molecule has 0 aromatic heterocycles. The predicted molar refractivity (Wildman–Crippen MR) is 99.9 cm³/mol. The molecule has 5 nitrogen and oxygen atoms in total. The number of anilines is 2. The summed E-state index contributed by atoms with van der Waals surface area (Å²) in [5.74, 6) is 0.0610. The average molecular weight is 356 g/mol. The Hall–Kier alpha value is -2.97. The van der Waals surface area contributed by atoms with Crippen LogP contribution in [0.15, 0.2) is 48.2 Å². The zero-order chi connectivity index (χ0) is 18.4. The molecule has 2 aromatic carbocycles. The van der Waals surface area contributed by atoms with Crippen LogP contribution in [-0.4, -0.2) is 13.0 Å². The highest BCUT2D eigenvalue weighted by atomic mass is 35.5. The number of aryl methyl sites for hydroxylation is 2. The average Bonchev–Trinajstić information content (AvgIpc) is 2.58. The van der Waals surface area contributed by atoms with Gasteiger partial charge in [-0.25, -0.2) is 0 Å². The van der Waals surface area contributed by atoms with Crippen LogP contribution in [0, 0.1) is 25.2 Å². The molecule has 0 spiro atoms. The van der Waals surface area contributed by atoms with Crippen molar-refractivity contribution in [1.82, 2.24) is 0 Å². The molecular formula is C19H18ClN3O2. The third-order valence-electron chi connectivity index (χ3n) is 3.53. The number of nitrogens with one attached hydrogen (secondary N) is 2. The second-order valence-corrected chi connectivity index (χ2v) is 5.84. The summed E-state index contributed by atoms with van der Waals surface area (Å²) in [6.07, 6.45) is 1.34. The first-order valence-corrected chi connectivity index (χ1v) is 7.91. The van der Waals surface area contributed by atoms with E-state index in [1.807, 2.05) is 38.1 Å². The number of rotatable bonds is 5. The highest BCUT2D eigenvalue weighted by Gasteiger charge is 2.11. The Morgan fingerprint density at radius 3 is 2.60 bits per heavy atom. The number of amides is 1. The summed E-state index contributed by atoms with van der Waals surface area (Å²) in [4.78, 5) is 12.3. The van der Waals surface area contributed by atoms with Crippen LogP contribution in [0.5, 0.6) is 5.75 Å². The van der Waals surface area contributed by atoms with Gasteiger partial charge in [0, 0.05) is 17.6 Å². The molecule has 0 aliphatic rings. The number of carbonyl (C=O) groups is 1. The minimum absolute atomic E-state index is 0.0492. The van der Waals surface area contributed by atoms with Crippen LogP contribution in [0.4, 0.5) is 11.4 Å². The highest BCUT2D eigenvalue weighted by Crippen LogP contribution is 2.27. The van der Waals surface area contributed by atoms with Gasteiger partial charge >= 0.3 is 0 Å². The van der Waals surface area contributed by atoms with Crippen LogP contribution in [0.25, 0.3) is 0 Å². The van der Waals surface area contributed by atoms with Crippen LogP contribution in [-0.2, 0) is 4.79 Å². The fourth-order valence-corrected chi connectivity index (χ4v) is 2.46. The highest BCUT2D eigenvalue weighted by molar-refractivity contribution is 6.32. The van der Waals surface area contributed by atoms with Gasteiger partial charge in [0.15, 0.2) is 0 Å². The van der Waals surface area contributed by atoms with E-state index in [-0.39, 0.29) is 5.57 Å². The molecule has 2 aromatic rings. The number of halogens is 1. The van der Waals surface area contributed by atoms with Crippen molar-refractivity contribution in [2.24, 2.45) is 0 Å². The molecule has 0 aliphatic heterocycles. The third kappa shape index (κ3) is 4.75. The Labute approximate surface area is 151 Å². The van der Waals surface area contributed by atoms with Crippen molar-refractivity contribution in [1.29, 1.82) is 5.26 Å². The molecule has 0 fully saturated rings. The molecule has 128 valence electrons. The number of benzene rings is 2. The SMILES string of the molecule is COc1ccc(N/C=C(/C#N)C(=O)Nc2ccc(C)cc2C)cc1Cl. The van der Waals surface area contributed by atoms with E-state index in [0.717, 1.165) is 11.1 Å². The summed E-state index contributed by atoms with van der Waals surface area (Å²) < 4.78 is 5.08. The van der Waals surface area contributed by atoms with E-state index in [0.29, 0.717) is 22.1 Å². The number of ether oxygens (including phenoxy) is 1. The van der Waals surface area contributed by atoms with Crippen LogP contribution in [0.3, 0.4) is 0 Å². The monoisotopic (exact) mass is 355 g/mol. The maximum absolute atomic E-state index is 12.3. The molecule has 0 atom stereocenters. The Morgan fingerprint density at radius 1 is 1.24 bits per heavy atom. The number of hydrogen-bond acceptors (Lipinski definition) is 4. The number of carbonyl (C=O) groups excluding carboxylic acids is 1. The van der Waals surface area contributed by atoms with Crippen molar-refractivity contribution >= 4 is 28.9 Å². The molecule has 2 rings (SSSR count). The minimum atomic E-state index is -0.485. The van der Waals surface area contributed by atoms with Crippen LogP contribution in [0.1, 0.15) is 11.1 Å². The Bertz CT molecular complexity index is 869. The van der Waals surface area contributed by atoms with Gasteiger partial charge in [0.05, 0.1) is 12.1 Å². The quantitative estimate of drug-likeness (QED) is 0.615. The molecule has 1 amide bonds. The van der Waals surface area contributed by atoms with Crippen LogP contribution < -0.4 is 15.4 Å². The van der Waals surface area contributed by atoms with Gasteiger partial charge in [-0.3, -0.25) is 4.79 Å². The molecule has 0 radical (unpaired) electrons. The van der Waals surface area contributed by atoms with E-state index in [9.17, 15) is 10.1 Å². The second-order valence-electron chi connectivity index (χ2n) is 5.44. The lowest BCUT2D eigenvalue weighted by Crippen LogP contribution is -2.15. The number of hydrogen-bond donors (Lipinski definition) is 2. The minimum Gasteiger partial charge on any atom is -0.495 e. The summed E-state index contributed by atoms with van der Waals surface area (Å²) in [5.41, 5.74) is 3.29. The normalized spacial score (nSPS) is 10.8. The van der Waals surface area contributed by atoms with E-state index >= 15 is 0 Å². The predicted octanol–water partition coefficient (Wildman–Crippen LogP) is 4.42. The fourth-order valence-electron chi connectivity index (χ4n) is 2.20. The standard InChI is InChI=1S/C19H18ClN3O2/c1-12-4-6-17(13(2)8-12)23-19(24)14(10-21)11-22-15-5-7-18(25-3)16(20)9-15/h4-9,11,22H,1-3H3,(H,23,24)/b14-11-. The van der Waals surface area contributed by atoms with E-state index < -0.39 is 5.91 Å². The van der Waals surface area contributed by atoms with E-state index in [1.54, 1.807) is 18.2 Å². The third-order valence-corrected chi connectivity index (χ3v) is 3.83. The van der Waals surface area contributed by atoms with Crippen molar-refractivity contribution < 1.29 is 9.53 Å². The lowest BCUT2D eigenvalue weighted by molar-refractivity contribution is -0.112. The lowest BCUT2D eigenvalue weighted by Gasteiger charge is -2.09. The van der Waals surface area contributed by atoms with Crippen LogP contribution in [0.2, 0.25) is 5.02 Å². The molecule has 0 aliphatic carbocycles. The van der Waals surface area contributed by atoms with E-state index in [2.05, 4.69) is 10.6 Å². The van der Waals surface area contributed by atoms with Gasteiger partial charge in [0.2, 0.25) is 0 Å².